The molecule has 122 valence electrons. The molecule has 1 saturated heterocycles. The molecule has 0 spiro atoms. The molecular weight excluding hydrogens is 318 g/mol. The normalized spacial score (nSPS) is 17.3. The van der Waals surface area contributed by atoms with Crippen LogP contribution in [0.25, 0.3) is 0 Å². The van der Waals surface area contributed by atoms with Crippen LogP contribution in [0.5, 0.6) is 5.75 Å². The first kappa shape index (κ1) is 15.6. The largest absolute Gasteiger partial charge is 0.495 e. The lowest BCUT2D eigenvalue weighted by molar-refractivity contribution is 0.221. The maximum atomic E-state index is 12.4. The van der Waals surface area contributed by atoms with Crippen molar-refractivity contribution in [1.82, 2.24) is 19.7 Å². The van der Waals surface area contributed by atoms with Gasteiger partial charge in [0.1, 0.15) is 17.9 Å². The Morgan fingerprint density at radius 3 is 2.96 bits per heavy atom. The van der Waals surface area contributed by atoms with Crippen molar-refractivity contribution in [3.63, 3.8) is 0 Å². The molecule has 0 bridgehead atoms. The molecule has 23 heavy (non-hydrogen) atoms. The van der Waals surface area contributed by atoms with Crippen molar-refractivity contribution < 1.29 is 9.53 Å². The maximum Gasteiger partial charge on any atom is 0.321 e. The lowest BCUT2D eigenvalue weighted by atomic mass is 10.2. The van der Waals surface area contributed by atoms with Gasteiger partial charge in [0.25, 0.3) is 0 Å². The Labute approximate surface area is 139 Å². The number of nitrogens with zero attached hydrogens (tertiary/aromatic N) is 4. The summed E-state index contributed by atoms with van der Waals surface area (Å²) in [5.41, 5.74) is 0.643. The number of urea groups is 1. The number of nitrogens with one attached hydrogen (secondary N) is 1. The van der Waals surface area contributed by atoms with Crippen LogP contribution in [0.3, 0.4) is 0 Å². The predicted molar refractivity (Wildman–Crippen MR) is 87.0 cm³/mol. The molecular formula is C15H18ClN5O2. The van der Waals surface area contributed by atoms with Crippen molar-refractivity contribution in [2.24, 2.45) is 0 Å². The number of carbonyl (C=O) groups is 1. The van der Waals surface area contributed by atoms with E-state index in [2.05, 4.69) is 15.5 Å². The molecule has 1 aliphatic heterocycles. The van der Waals surface area contributed by atoms with E-state index in [0.717, 1.165) is 12.2 Å². The summed E-state index contributed by atoms with van der Waals surface area (Å²) in [6.45, 7) is 3.24. The van der Waals surface area contributed by atoms with Gasteiger partial charge in [-0.25, -0.2) is 4.79 Å². The van der Waals surface area contributed by atoms with E-state index in [-0.39, 0.29) is 12.1 Å². The van der Waals surface area contributed by atoms with Crippen LogP contribution in [0, 0.1) is 6.92 Å². The third-order valence-corrected chi connectivity index (χ3v) is 4.29. The van der Waals surface area contributed by atoms with Gasteiger partial charge in [-0.2, -0.15) is 0 Å². The van der Waals surface area contributed by atoms with Crippen molar-refractivity contribution in [2.45, 2.75) is 19.4 Å². The second-order valence-corrected chi connectivity index (χ2v) is 5.86. The van der Waals surface area contributed by atoms with E-state index in [1.54, 1.807) is 36.5 Å². The third-order valence-electron chi connectivity index (χ3n) is 4.00. The number of carbonyl (C=O) groups excluding carboxylic acids is 1. The fourth-order valence-electron chi connectivity index (χ4n) is 2.76. The fourth-order valence-corrected chi connectivity index (χ4v) is 3.02. The molecule has 1 aromatic heterocycles. The second-order valence-electron chi connectivity index (χ2n) is 5.45. The quantitative estimate of drug-likeness (QED) is 0.936. The summed E-state index contributed by atoms with van der Waals surface area (Å²) in [7, 11) is 1.55. The Balaban J connectivity index is 1.63. The summed E-state index contributed by atoms with van der Waals surface area (Å²) in [5, 5.41) is 11.2. The molecule has 1 atom stereocenters. The van der Waals surface area contributed by atoms with Crippen LogP contribution in [0.2, 0.25) is 5.02 Å². The number of amides is 2. The van der Waals surface area contributed by atoms with E-state index >= 15 is 0 Å². The summed E-state index contributed by atoms with van der Waals surface area (Å²) in [4.78, 5) is 14.2. The Bertz CT molecular complexity index is 718. The van der Waals surface area contributed by atoms with Crippen molar-refractivity contribution in [3.8, 4) is 5.75 Å². The van der Waals surface area contributed by atoms with Gasteiger partial charge in [0.15, 0.2) is 0 Å². The molecule has 2 aromatic rings. The molecule has 1 aliphatic rings. The average Bonchev–Trinajstić information content (AvgIpc) is 3.16. The Morgan fingerprint density at radius 2 is 2.30 bits per heavy atom. The summed E-state index contributed by atoms with van der Waals surface area (Å²) in [5.74, 6) is 1.44. The molecule has 0 radical (unpaired) electrons. The highest BCUT2D eigenvalue weighted by Crippen LogP contribution is 2.28. The molecule has 7 nitrogen and oxygen atoms in total. The molecule has 8 heteroatoms. The van der Waals surface area contributed by atoms with Crippen LogP contribution in [0.4, 0.5) is 10.5 Å². The molecule has 0 saturated carbocycles. The predicted octanol–water partition coefficient (Wildman–Crippen LogP) is 2.73. The van der Waals surface area contributed by atoms with Crippen LogP contribution >= 0.6 is 11.6 Å². The highest BCUT2D eigenvalue weighted by molar-refractivity contribution is 6.32. The number of hydrogen-bond donors (Lipinski definition) is 1. The van der Waals surface area contributed by atoms with Crippen LogP contribution in [-0.4, -0.2) is 45.9 Å². The SMILES string of the molecule is COc1ccc(NC(=O)N2CCC(n3cnnc3C)C2)cc1Cl. The van der Waals surface area contributed by atoms with E-state index in [1.165, 1.54) is 0 Å². The number of ether oxygens (including phenoxy) is 1. The first-order valence-electron chi connectivity index (χ1n) is 7.34. The van der Waals surface area contributed by atoms with Gasteiger partial charge >= 0.3 is 6.03 Å². The van der Waals surface area contributed by atoms with Gasteiger partial charge in [0, 0.05) is 18.8 Å². The highest BCUT2D eigenvalue weighted by atomic mass is 35.5. The lowest BCUT2D eigenvalue weighted by Crippen LogP contribution is -2.33. The minimum absolute atomic E-state index is 0.139. The maximum absolute atomic E-state index is 12.4. The molecule has 1 N–H and O–H groups in total. The molecule has 3 rings (SSSR count). The zero-order valence-corrected chi connectivity index (χ0v) is 13.7. The van der Waals surface area contributed by atoms with E-state index in [9.17, 15) is 4.79 Å². The summed E-state index contributed by atoms with van der Waals surface area (Å²) in [6.07, 6.45) is 2.60. The summed E-state index contributed by atoms with van der Waals surface area (Å²) >= 11 is 6.07. The van der Waals surface area contributed by atoms with Gasteiger partial charge in [0.2, 0.25) is 0 Å². The highest BCUT2D eigenvalue weighted by Gasteiger charge is 2.28. The van der Waals surface area contributed by atoms with Crippen molar-refractivity contribution in [1.29, 1.82) is 0 Å². The summed E-state index contributed by atoms with van der Waals surface area (Å²) < 4.78 is 7.11. The van der Waals surface area contributed by atoms with Gasteiger partial charge in [-0.05, 0) is 31.5 Å². The molecule has 0 aliphatic carbocycles. The molecule has 1 fully saturated rings. The first-order valence-corrected chi connectivity index (χ1v) is 7.72. The average molecular weight is 336 g/mol. The van der Waals surface area contributed by atoms with E-state index in [4.69, 9.17) is 16.3 Å². The molecule has 1 aromatic carbocycles. The Kier molecular flexibility index (Phi) is 4.38. The number of benzene rings is 1. The van der Waals surface area contributed by atoms with Gasteiger partial charge in [-0.15, -0.1) is 10.2 Å². The van der Waals surface area contributed by atoms with E-state index < -0.39 is 0 Å². The van der Waals surface area contributed by atoms with Crippen LogP contribution in [0.15, 0.2) is 24.5 Å². The van der Waals surface area contributed by atoms with E-state index in [0.29, 0.717) is 29.5 Å². The third kappa shape index (κ3) is 3.24. The van der Waals surface area contributed by atoms with Gasteiger partial charge in [0.05, 0.1) is 18.2 Å². The lowest BCUT2D eigenvalue weighted by Gasteiger charge is -2.18. The first-order chi connectivity index (χ1) is 11.1. The topological polar surface area (TPSA) is 72.3 Å². The summed E-state index contributed by atoms with van der Waals surface area (Å²) in [6, 6.07) is 5.25. The zero-order chi connectivity index (χ0) is 16.4. The Morgan fingerprint density at radius 1 is 1.48 bits per heavy atom. The number of anilines is 1. The molecule has 1 unspecified atom stereocenters. The number of rotatable bonds is 3. The van der Waals surface area contributed by atoms with Gasteiger partial charge in [-0.1, -0.05) is 11.6 Å². The number of aryl methyl sites for hydroxylation is 1. The van der Waals surface area contributed by atoms with Crippen LogP contribution in [0.1, 0.15) is 18.3 Å². The van der Waals surface area contributed by atoms with Crippen LogP contribution in [-0.2, 0) is 0 Å². The number of likely N-dealkylation sites (tertiary alicyclic amines) is 1. The molecule has 2 heterocycles. The zero-order valence-electron chi connectivity index (χ0n) is 13.0. The number of methoxy groups -OCH3 is 1. The minimum atomic E-state index is -0.139. The monoisotopic (exact) mass is 335 g/mol. The van der Waals surface area contributed by atoms with Crippen LogP contribution < -0.4 is 10.1 Å². The van der Waals surface area contributed by atoms with E-state index in [1.807, 2.05) is 11.5 Å². The number of hydrogen-bond acceptors (Lipinski definition) is 4. The van der Waals surface area contributed by atoms with Gasteiger partial charge < -0.3 is 19.5 Å². The second kappa shape index (κ2) is 6.45. The van der Waals surface area contributed by atoms with Crippen molar-refractivity contribution in [2.75, 3.05) is 25.5 Å². The van der Waals surface area contributed by atoms with Gasteiger partial charge in [-0.3, -0.25) is 0 Å². The number of halogens is 1. The Hall–Kier alpha value is -2.28. The minimum Gasteiger partial charge on any atom is -0.495 e. The standard InChI is InChI=1S/C15H18ClN5O2/c1-10-19-17-9-21(10)12-5-6-20(8-12)15(22)18-11-3-4-14(23-2)13(16)7-11/h3-4,7,9,12H,5-6,8H2,1-2H3,(H,18,22). The van der Waals surface area contributed by atoms with Crippen molar-refractivity contribution >= 4 is 23.3 Å². The molecule has 2 amide bonds. The fraction of sp³-hybridized carbons (Fsp3) is 0.400. The number of aromatic nitrogens is 3. The van der Waals surface area contributed by atoms with Crippen molar-refractivity contribution in [3.05, 3.63) is 35.4 Å². The smallest absolute Gasteiger partial charge is 0.321 e.